The number of rotatable bonds is 7. The van der Waals surface area contributed by atoms with E-state index >= 15 is 0 Å². The van der Waals surface area contributed by atoms with Crippen molar-refractivity contribution in [3.63, 3.8) is 0 Å². The molecule has 1 unspecified atom stereocenters. The zero-order chi connectivity index (χ0) is 14.4. The Bertz CT molecular complexity index is 401. The van der Waals surface area contributed by atoms with Crippen LogP contribution in [0.5, 0.6) is 0 Å². The van der Waals surface area contributed by atoms with E-state index in [1.165, 1.54) is 43.7 Å². The third-order valence-electron chi connectivity index (χ3n) is 4.50. The second-order valence-corrected chi connectivity index (χ2v) is 5.71. The van der Waals surface area contributed by atoms with Gasteiger partial charge in [-0.1, -0.05) is 38.1 Å². The van der Waals surface area contributed by atoms with Gasteiger partial charge in [0.05, 0.1) is 0 Å². The van der Waals surface area contributed by atoms with E-state index in [9.17, 15) is 0 Å². The quantitative estimate of drug-likeness (QED) is 0.827. The molecule has 1 aliphatic rings. The van der Waals surface area contributed by atoms with E-state index in [4.69, 9.17) is 5.73 Å². The first kappa shape index (κ1) is 15.5. The topological polar surface area (TPSA) is 32.5 Å². The van der Waals surface area contributed by atoms with E-state index in [2.05, 4.69) is 47.9 Å². The van der Waals surface area contributed by atoms with E-state index in [0.29, 0.717) is 0 Å². The maximum atomic E-state index is 5.72. The molecule has 2 rings (SSSR count). The highest BCUT2D eigenvalue weighted by Gasteiger charge is 2.26. The van der Waals surface area contributed by atoms with Gasteiger partial charge in [0.15, 0.2) is 0 Å². The Hall–Kier alpha value is -0.900. The van der Waals surface area contributed by atoms with E-state index in [0.717, 1.165) is 25.6 Å². The van der Waals surface area contributed by atoms with Gasteiger partial charge in [-0.25, -0.2) is 0 Å². The molecule has 3 heteroatoms. The summed E-state index contributed by atoms with van der Waals surface area (Å²) in [5.74, 6) is 0. The zero-order valence-electron chi connectivity index (χ0n) is 13.0. The normalized spacial score (nSPS) is 19.9. The third kappa shape index (κ3) is 3.81. The largest absolute Gasteiger partial charge is 0.330 e. The average Bonchev–Trinajstić information content (AvgIpc) is 2.91. The molecule has 1 atom stereocenters. The summed E-state index contributed by atoms with van der Waals surface area (Å²) in [6.07, 6.45) is 2.30. The van der Waals surface area contributed by atoms with E-state index in [-0.39, 0.29) is 0 Å². The summed E-state index contributed by atoms with van der Waals surface area (Å²) in [5, 5.41) is 0. The molecule has 3 nitrogen and oxygen atoms in total. The molecule has 0 amide bonds. The second-order valence-electron chi connectivity index (χ2n) is 5.71. The van der Waals surface area contributed by atoms with Crippen molar-refractivity contribution in [3.05, 3.63) is 35.4 Å². The van der Waals surface area contributed by atoms with Gasteiger partial charge in [0.25, 0.3) is 0 Å². The Labute approximate surface area is 123 Å². The van der Waals surface area contributed by atoms with Gasteiger partial charge in [0.2, 0.25) is 0 Å². The van der Waals surface area contributed by atoms with Crippen LogP contribution in [0.25, 0.3) is 0 Å². The fourth-order valence-corrected chi connectivity index (χ4v) is 3.35. The SMILES string of the molecule is CCN(CC)C1CCN(Cc2ccccc2CCN)C1. The number of nitrogens with two attached hydrogens (primary N) is 1. The molecule has 2 N–H and O–H groups in total. The Balaban J connectivity index is 1.95. The van der Waals surface area contributed by atoms with Crippen molar-refractivity contribution in [3.8, 4) is 0 Å². The first-order valence-corrected chi connectivity index (χ1v) is 8.01. The minimum atomic E-state index is 0.735. The molecule has 20 heavy (non-hydrogen) atoms. The summed E-state index contributed by atoms with van der Waals surface area (Å²) in [6.45, 7) is 11.1. The van der Waals surface area contributed by atoms with Crippen LogP contribution in [-0.2, 0) is 13.0 Å². The lowest BCUT2D eigenvalue weighted by atomic mass is 10.0. The maximum Gasteiger partial charge on any atom is 0.0237 e. The Morgan fingerprint density at radius 1 is 1.20 bits per heavy atom. The highest BCUT2D eigenvalue weighted by molar-refractivity contribution is 5.27. The van der Waals surface area contributed by atoms with Gasteiger partial charge in [0, 0.05) is 25.7 Å². The van der Waals surface area contributed by atoms with Gasteiger partial charge in [-0.05, 0) is 43.6 Å². The predicted molar refractivity (Wildman–Crippen MR) is 85.8 cm³/mol. The summed E-state index contributed by atoms with van der Waals surface area (Å²) in [7, 11) is 0. The Morgan fingerprint density at radius 2 is 1.90 bits per heavy atom. The van der Waals surface area contributed by atoms with Crippen molar-refractivity contribution in [2.45, 2.75) is 39.3 Å². The molecular weight excluding hydrogens is 246 g/mol. The van der Waals surface area contributed by atoms with Gasteiger partial charge >= 0.3 is 0 Å². The lowest BCUT2D eigenvalue weighted by Crippen LogP contribution is -2.37. The molecule has 1 fully saturated rings. The lowest BCUT2D eigenvalue weighted by molar-refractivity contribution is 0.209. The van der Waals surface area contributed by atoms with E-state index in [1.807, 2.05) is 0 Å². The Kier molecular flexibility index (Phi) is 6.02. The number of hydrogen-bond acceptors (Lipinski definition) is 3. The van der Waals surface area contributed by atoms with Crippen LogP contribution in [0.2, 0.25) is 0 Å². The van der Waals surface area contributed by atoms with Crippen molar-refractivity contribution >= 4 is 0 Å². The standard InChI is InChI=1S/C17H29N3/c1-3-20(4-2)17-10-12-19(14-17)13-16-8-6-5-7-15(16)9-11-18/h5-8,17H,3-4,9-14,18H2,1-2H3. The van der Waals surface area contributed by atoms with Crippen molar-refractivity contribution in [2.75, 3.05) is 32.7 Å². The van der Waals surface area contributed by atoms with Gasteiger partial charge in [-0.15, -0.1) is 0 Å². The molecular formula is C17H29N3. The summed E-state index contributed by atoms with van der Waals surface area (Å²) in [4.78, 5) is 5.18. The number of nitrogens with zero attached hydrogens (tertiary/aromatic N) is 2. The van der Waals surface area contributed by atoms with Gasteiger partial charge in [-0.3, -0.25) is 9.80 Å². The molecule has 0 saturated carbocycles. The molecule has 0 aliphatic carbocycles. The smallest absolute Gasteiger partial charge is 0.0237 e. The van der Waals surface area contributed by atoms with Crippen LogP contribution in [0, 0.1) is 0 Å². The van der Waals surface area contributed by atoms with Crippen LogP contribution in [0.3, 0.4) is 0 Å². The van der Waals surface area contributed by atoms with Crippen LogP contribution >= 0.6 is 0 Å². The first-order chi connectivity index (χ1) is 9.78. The molecule has 1 saturated heterocycles. The summed E-state index contributed by atoms with van der Waals surface area (Å²) >= 11 is 0. The number of benzene rings is 1. The minimum absolute atomic E-state index is 0.735. The fourth-order valence-electron chi connectivity index (χ4n) is 3.35. The highest BCUT2D eigenvalue weighted by Crippen LogP contribution is 2.19. The van der Waals surface area contributed by atoms with E-state index in [1.54, 1.807) is 0 Å². The highest BCUT2D eigenvalue weighted by atomic mass is 15.2. The van der Waals surface area contributed by atoms with Crippen molar-refractivity contribution in [1.29, 1.82) is 0 Å². The predicted octanol–water partition coefficient (Wildman–Crippen LogP) is 2.10. The average molecular weight is 275 g/mol. The van der Waals surface area contributed by atoms with Crippen LogP contribution < -0.4 is 5.73 Å². The molecule has 1 aliphatic heterocycles. The number of likely N-dealkylation sites (tertiary alicyclic amines) is 1. The Morgan fingerprint density at radius 3 is 2.55 bits per heavy atom. The zero-order valence-corrected chi connectivity index (χ0v) is 13.0. The van der Waals surface area contributed by atoms with Gasteiger partial charge in [-0.2, -0.15) is 0 Å². The number of likely N-dealkylation sites (N-methyl/N-ethyl adjacent to an activating group) is 1. The van der Waals surface area contributed by atoms with Crippen molar-refractivity contribution < 1.29 is 0 Å². The van der Waals surface area contributed by atoms with Crippen molar-refractivity contribution in [2.24, 2.45) is 5.73 Å². The molecule has 1 aromatic rings. The van der Waals surface area contributed by atoms with Crippen LogP contribution in [-0.4, -0.2) is 48.6 Å². The third-order valence-corrected chi connectivity index (χ3v) is 4.50. The summed E-state index contributed by atoms with van der Waals surface area (Å²) in [5.41, 5.74) is 8.59. The second kappa shape index (κ2) is 7.77. The maximum absolute atomic E-state index is 5.72. The molecule has 0 aromatic heterocycles. The van der Waals surface area contributed by atoms with Crippen LogP contribution in [0.15, 0.2) is 24.3 Å². The minimum Gasteiger partial charge on any atom is -0.330 e. The van der Waals surface area contributed by atoms with Gasteiger partial charge in [0.1, 0.15) is 0 Å². The first-order valence-electron chi connectivity index (χ1n) is 8.01. The fraction of sp³-hybridized carbons (Fsp3) is 0.647. The molecule has 0 radical (unpaired) electrons. The molecule has 112 valence electrons. The van der Waals surface area contributed by atoms with Crippen LogP contribution in [0.4, 0.5) is 0 Å². The van der Waals surface area contributed by atoms with E-state index < -0.39 is 0 Å². The number of hydrogen-bond donors (Lipinski definition) is 1. The molecule has 1 heterocycles. The van der Waals surface area contributed by atoms with Crippen LogP contribution in [0.1, 0.15) is 31.4 Å². The monoisotopic (exact) mass is 275 g/mol. The molecule has 1 aromatic carbocycles. The molecule has 0 bridgehead atoms. The lowest BCUT2D eigenvalue weighted by Gasteiger charge is -2.26. The molecule has 0 spiro atoms. The summed E-state index contributed by atoms with van der Waals surface area (Å²) in [6, 6.07) is 9.49. The van der Waals surface area contributed by atoms with Crippen molar-refractivity contribution in [1.82, 2.24) is 9.80 Å². The summed E-state index contributed by atoms with van der Waals surface area (Å²) < 4.78 is 0. The van der Waals surface area contributed by atoms with Gasteiger partial charge < -0.3 is 5.73 Å².